The van der Waals surface area contributed by atoms with E-state index >= 15 is 0 Å². The number of aromatic nitrogens is 2. The molecule has 2 heterocycles. The number of carbonyl (C=O) groups is 1. The van der Waals surface area contributed by atoms with Gasteiger partial charge >= 0.3 is 0 Å². The number of halogens is 1. The van der Waals surface area contributed by atoms with Gasteiger partial charge in [-0.1, -0.05) is 53.6 Å². The van der Waals surface area contributed by atoms with Gasteiger partial charge in [-0.25, -0.2) is 0 Å². The van der Waals surface area contributed by atoms with Crippen LogP contribution >= 0.6 is 11.6 Å². The molecule has 1 atom stereocenters. The Kier molecular flexibility index (Phi) is 5.54. The molecule has 0 radical (unpaired) electrons. The zero-order valence-electron chi connectivity index (χ0n) is 19.1. The molecule has 5 rings (SSSR count). The first-order valence-electron chi connectivity index (χ1n) is 11.0. The number of fused-ring (bicyclic) bond motifs is 1. The minimum Gasteiger partial charge on any atom is -0.507 e. The Labute approximate surface area is 202 Å². The first kappa shape index (κ1) is 22.0. The smallest absolute Gasteiger partial charge is 0.273 e. The van der Waals surface area contributed by atoms with Crippen molar-refractivity contribution in [2.24, 2.45) is 0 Å². The molecule has 0 spiro atoms. The molecule has 1 unspecified atom stereocenters. The normalized spacial score (nSPS) is 15.0. The van der Waals surface area contributed by atoms with Crippen molar-refractivity contribution >= 4 is 17.5 Å². The van der Waals surface area contributed by atoms with Crippen LogP contribution in [0.4, 0.5) is 0 Å². The van der Waals surface area contributed by atoms with E-state index < -0.39 is 0 Å². The number of hydrogen-bond acceptors (Lipinski definition) is 4. The van der Waals surface area contributed by atoms with Crippen molar-refractivity contribution in [3.63, 3.8) is 0 Å². The number of phenols is 1. The number of rotatable bonds is 5. The van der Waals surface area contributed by atoms with Crippen molar-refractivity contribution in [2.75, 3.05) is 7.11 Å². The standard InChI is InChI=1S/C27H24ClN3O3/c1-15-4-8-18(9-5-15)26-23-24(20-13-21(28)16(2)12-22(20)32)29-30-25(23)27(33)31(26)14-17-6-10-19(34-3)11-7-17/h4-13,26,32H,14H2,1-3H3,(H,29,30). The number of aryl methyl sites for hydroxylation is 2. The summed E-state index contributed by atoms with van der Waals surface area (Å²) in [4.78, 5) is 15.4. The number of phenolic OH excluding ortho intramolecular Hbond substituents is 1. The number of nitrogens with one attached hydrogen (secondary N) is 1. The molecule has 4 aromatic rings. The summed E-state index contributed by atoms with van der Waals surface area (Å²) in [5.74, 6) is 0.683. The third kappa shape index (κ3) is 3.70. The van der Waals surface area contributed by atoms with Crippen molar-refractivity contribution in [2.45, 2.75) is 26.4 Å². The first-order valence-corrected chi connectivity index (χ1v) is 11.3. The Hall–Kier alpha value is -3.77. The summed E-state index contributed by atoms with van der Waals surface area (Å²) in [5.41, 5.74) is 6.00. The number of ether oxygens (including phenoxy) is 1. The van der Waals surface area contributed by atoms with Gasteiger partial charge in [0.15, 0.2) is 0 Å². The lowest BCUT2D eigenvalue weighted by Gasteiger charge is -2.27. The monoisotopic (exact) mass is 473 g/mol. The van der Waals surface area contributed by atoms with Gasteiger partial charge in [-0.2, -0.15) is 5.10 Å². The summed E-state index contributed by atoms with van der Waals surface area (Å²) in [6, 6.07) is 18.7. The first-order chi connectivity index (χ1) is 16.4. The van der Waals surface area contributed by atoms with Crippen LogP contribution in [-0.2, 0) is 6.54 Å². The molecule has 0 aliphatic carbocycles. The van der Waals surface area contributed by atoms with Gasteiger partial charge < -0.3 is 14.7 Å². The molecule has 7 heteroatoms. The fourth-order valence-electron chi connectivity index (χ4n) is 4.44. The molecule has 1 aromatic heterocycles. The van der Waals surface area contributed by atoms with Gasteiger partial charge in [0, 0.05) is 22.7 Å². The highest BCUT2D eigenvalue weighted by molar-refractivity contribution is 6.31. The summed E-state index contributed by atoms with van der Waals surface area (Å²) in [7, 11) is 1.63. The Bertz CT molecular complexity index is 1380. The molecule has 1 aliphatic rings. The number of aromatic hydroxyl groups is 1. The SMILES string of the molecule is COc1ccc(CN2C(=O)c3[nH]nc(-c4cc(Cl)c(C)cc4O)c3C2c2ccc(C)cc2)cc1. The molecular weight excluding hydrogens is 450 g/mol. The second-order valence-electron chi connectivity index (χ2n) is 8.57. The fourth-order valence-corrected chi connectivity index (χ4v) is 4.61. The van der Waals surface area contributed by atoms with Crippen LogP contribution in [0.15, 0.2) is 60.7 Å². The van der Waals surface area contributed by atoms with Crippen molar-refractivity contribution < 1.29 is 14.6 Å². The Balaban J connectivity index is 1.64. The zero-order valence-corrected chi connectivity index (χ0v) is 19.8. The average Bonchev–Trinajstić information content (AvgIpc) is 3.37. The van der Waals surface area contributed by atoms with Crippen LogP contribution in [0.3, 0.4) is 0 Å². The van der Waals surface area contributed by atoms with Crippen LogP contribution in [-0.4, -0.2) is 33.2 Å². The Morgan fingerprint density at radius 2 is 1.79 bits per heavy atom. The number of amides is 1. The highest BCUT2D eigenvalue weighted by Gasteiger charge is 2.42. The van der Waals surface area contributed by atoms with E-state index in [0.29, 0.717) is 28.5 Å². The molecule has 1 amide bonds. The van der Waals surface area contributed by atoms with E-state index in [1.54, 1.807) is 19.2 Å². The summed E-state index contributed by atoms with van der Waals surface area (Å²) in [6.07, 6.45) is 0. The summed E-state index contributed by atoms with van der Waals surface area (Å²) < 4.78 is 5.27. The third-order valence-corrected chi connectivity index (χ3v) is 6.71. The predicted octanol–water partition coefficient (Wildman–Crippen LogP) is 5.81. The number of methoxy groups -OCH3 is 1. The third-order valence-electron chi connectivity index (χ3n) is 6.30. The van der Waals surface area contributed by atoms with E-state index in [-0.39, 0.29) is 17.7 Å². The van der Waals surface area contributed by atoms with Gasteiger partial charge in [0.1, 0.15) is 22.9 Å². The average molecular weight is 474 g/mol. The molecule has 6 nitrogen and oxygen atoms in total. The molecule has 3 aromatic carbocycles. The number of H-pyrrole nitrogens is 1. The van der Waals surface area contributed by atoms with Crippen molar-refractivity contribution in [1.82, 2.24) is 15.1 Å². The Morgan fingerprint density at radius 3 is 2.47 bits per heavy atom. The zero-order chi connectivity index (χ0) is 24.0. The van der Waals surface area contributed by atoms with Crippen LogP contribution in [0.2, 0.25) is 5.02 Å². The quantitative estimate of drug-likeness (QED) is 0.383. The maximum Gasteiger partial charge on any atom is 0.273 e. The number of nitrogens with zero attached hydrogens (tertiary/aromatic N) is 2. The van der Waals surface area contributed by atoms with Gasteiger partial charge in [0.05, 0.1) is 13.2 Å². The van der Waals surface area contributed by atoms with Crippen LogP contribution < -0.4 is 4.74 Å². The van der Waals surface area contributed by atoms with Crippen LogP contribution in [0.25, 0.3) is 11.3 Å². The topological polar surface area (TPSA) is 78.5 Å². The van der Waals surface area contributed by atoms with E-state index in [0.717, 1.165) is 33.6 Å². The van der Waals surface area contributed by atoms with Crippen molar-refractivity contribution in [1.29, 1.82) is 0 Å². The number of benzene rings is 3. The fraction of sp³-hybridized carbons (Fsp3) is 0.185. The van der Waals surface area contributed by atoms with Crippen LogP contribution in [0.1, 0.15) is 44.3 Å². The lowest BCUT2D eigenvalue weighted by molar-refractivity contribution is 0.0730. The maximum atomic E-state index is 13.6. The molecule has 34 heavy (non-hydrogen) atoms. The minimum atomic E-state index is -0.376. The highest BCUT2D eigenvalue weighted by atomic mass is 35.5. The number of hydrogen-bond donors (Lipinski definition) is 2. The molecular formula is C27H24ClN3O3. The minimum absolute atomic E-state index is 0.0694. The number of carbonyl (C=O) groups excluding carboxylic acids is 1. The van der Waals surface area contributed by atoms with Crippen LogP contribution in [0, 0.1) is 13.8 Å². The van der Waals surface area contributed by atoms with Gasteiger partial charge in [-0.05, 0) is 54.8 Å². The van der Waals surface area contributed by atoms with Crippen LogP contribution in [0.5, 0.6) is 11.5 Å². The molecule has 0 saturated carbocycles. The molecule has 172 valence electrons. The second-order valence-corrected chi connectivity index (χ2v) is 8.98. The van der Waals surface area contributed by atoms with Gasteiger partial charge in [-0.3, -0.25) is 9.89 Å². The number of aromatic amines is 1. The molecule has 0 saturated heterocycles. The van der Waals surface area contributed by atoms with Gasteiger partial charge in [-0.15, -0.1) is 0 Å². The van der Waals surface area contributed by atoms with Crippen molar-refractivity contribution in [3.8, 4) is 22.8 Å². The highest BCUT2D eigenvalue weighted by Crippen LogP contribution is 2.46. The molecule has 1 aliphatic heterocycles. The van der Waals surface area contributed by atoms with Crippen molar-refractivity contribution in [3.05, 3.63) is 99.2 Å². The summed E-state index contributed by atoms with van der Waals surface area (Å²) in [5, 5.41) is 18.6. The summed E-state index contributed by atoms with van der Waals surface area (Å²) >= 11 is 6.38. The van der Waals surface area contributed by atoms with E-state index in [4.69, 9.17) is 16.3 Å². The van der Waals surface area contributed by atoms with Gasteiger partial charge in [0.25, 0.3) is 5.91 Å². The molecule has 0 fully saturated rings. The Morgan fingerprint density at radius 1 is 1.09 bits per heavy atom. The van der Waals surface area contributed by atoms with E-state index in [2.05, 4.69) is 10.2 Å². The summed E-state index contributed by atoms with van der Waals surface area (Å²) in [6.45, 7) is 4.26. The lowest BCUT2D eigenvalue weighted by atomic mass is 9.94. The second kappa shape index (κ2) is 8.54. The van der Waals surface area contributed by atoms with Gasteiger partial charge in [0.2, 0.25) is 0 Å². The predicted molar refractivity (Wildman–Crippen MR) is 131 cm³/mol. The van der Waals surface area contributed by atoms with E-state index in [9.17, 15) is 9.90 Å². The lowest BCUT2D eigenvalue weighted by Crippen LogP contribution is -2.29. The maximum absolute atomic E-state index is 13.6. The largest absolute Gasteiger partial charge is 0.507 e. The van der Waals surface area contributed by atoms with E-state index in [1.807, 2.05) is 67.3 Å². The molecule has 2 N–H and O–H groups in total. The molecule has 0 bridgehead atoms. The van der Waals surface area contributed by atoms with E-state index in [1.165, 1.54) is 0 Å².